The average molecular weight is 252 g/mol. The Bertz CT molecular complexity index is 455. The van der Waals surface area contributed by atoms with Gasteiger partial charge in [-0.15, -0.1) is 6.58 Å². The van der Waals surface area contributed by atoms with Gasteiger partial charge in [0.05, 0.1) is 6.20 Å². The van der Waals surface area contributed by atoms with E-state index in [0.29, 0.717) is 5.56 Å². The molecule has 0 saturated carbocycles. The van der Waals surface area contributed by atoms with E-state index in [2.05, 4.69) is 11.7 Å². The van der Waals surface area contributed by atoms with E-state index in [1.54, 1.807) is 13.2 Å². The molecule has 7 nitrogen and oxygen atoms in total. The number of nitrogens with two attached hydrogens (primary N) is 1. The zero-order valence-corrected chi connectivity index (χ0v) is 10.1. The Kier molecular flexibility index (Phi) is 4.61. The minimum Gasteiger partial charge on any atom is -0.480 e. The number of amides is 1. The molecule has 0 saturated heterocycles. The number of hydrogen-bond donors (Lipinski definition) is 2. The predicted molar refractivity (Wildman–Crippen MR) is 64.5 cm³/mol. The molecule has 0 radical (unpaired) electrons. The van der Waals surface area contributed by atoms with Crippen LogP contribution in [0.3, 0.4) is 0 Å². The summed E-state index contributed by atoms with van der Waals surface area (Å²) in [6.45, 7) is 3.22. The van der Waals surface area contributed by atoms with Crippen LogP contribution in [0.1, 0.15) is 11.6 Å². The van der Waals surface area contributed by atoms with E-state index in [0.717, 1.165) is 4.90 Å². The molecule has 0 aliphatic carbocycles. The Hall–Kier alpha value is -2.15. The van der Waals surface area contributed by atoms with Gasteiger partial charge in [-0.2, -0.15) is 5.10 Å². The molecule has 0 fully saturated rings. The Morgan fingerprint density at radius 2 is 2.39 bits per heavy atom. The number of rotatable bonds is 6. The molecule has 0 aliphatic heterocycles. The van der Waals surface area contributed by atoms with Crippen LogP contribution < -0.4 is 5.73 Å². The number of aromatic nitrogens is 2. The van der Waals surface area contributed by atoms with Gasteiger partial charge in [0.25, 0.3) is 0 Å². The Balaban J connectivity index is 2.81. The molecule has 1 atom stereocenters. The first-order valence-corrected chi connectivity index (χ1v) is 5.31. The molecule has 1 amide bonds. The van der Waals surface area contributed by atoms with E-state index in [1.165, 1.54) is 17.0 Å². The van der Waals surface area contributed by atoms with E-state index in [-0.39, 0.29) is 6.54 Å². The van der Waals surface area contributed by atoms with Crippen LogP contribution in [0.2, 0.25) is 0 Å². The Labute approximate surface area is 104 Å². The number of carboxylic acid groups (broad SMARTS) is 1. The standard InChI is InChI=1S/C11H16N4O3/c1-3-4-15(7-9(16)17)11(18)10(12)8-5-13-14(2)6-8/h3,5-6,10H,1,4,7,12H2,2H3,(H,16,17). The zero-order chi connectivity index (χ0) is 13.7. The largest absolute Gasteiger partial charge is 0.480 e. The molecular weight excluding hydrogens is 236 g/mol. The lowest BCUT2D eigenvalue weighted by Gasteiger charge is -2.22. The highest BCUT2D eigenvalue weighted by Crippen LogP contribution is 2.12. The van der Waals surface area contributed by atoms with Crippen LogP contribution in [0.4, 0.5) is 0 Å². The SMILES string of the molecule is C=CCN(CC(=O)O)C(=O)C(N)c1cnn(C)c1. The van der Waals surface area contributed by atoms with Gasteiger partial charge in [0.1, 0.15) is 12.6 Å². The summed E-state index contributed by atoms with van der Waals surface area (Å²) in [7, 11) is 1.71. The van der Waals surface area contributed by atoms with Crippen molar-refractivity contribution in [2.24, 2.45) is 12.8 Å². The van der Waals surface area contributed by atoms with Gasteiger partial charge in [0.15, 0.2) is 0 Å². The average Bonchev–Trinajstić information content (AvgIpc) is 2.73. The monoisotopic (exact) mass is 252 g/mol. The number of carbonyl (C=O) groups is 2. The second-order valence-corrected chi connectivity index (χ2v) is 3.83. The van der Waals surface area contributed by atoms with Crippen LogP contribution in [0.25, 0.3) is 0 Å². The number of nitrogens with zero attached hydrogens (tertiary/aromatic N) is 3. The van der Waals surface area contributed by atoms with Crippen LogP contribution in [0.15, 0.2) is 25.0 Å². The second-order valence-electron chi connectivity index (χ2n) is 3.83. The van der Waals surface area contributed by atoms with E-state index < -0.39 is 24.5 Å². The summed E-state index contributed by atoms with van der Waals surface area (Å²) in [6, 6.07) is -0.919. The van der Waals surface area contributed by atoms with Gasteiger partial charge in [-0.25, -0.2) is 0 Å². The second kappa shape index (κ2) is 5.97. The summed E-state index contributed by atoms with van der Waals surface area (Å²) < 4.78 is 1.53. The smallest absolute Gasteiger partial charge is 0.323 e. The van der Waals surface area contributed by atoms with Gasteiger partial charge in [-0.3, -0.25) is 14.3 Å². The molecule has 1 unspecified atom stereocenters. The van der Waals surface area contributed by atoms with E-state index >= 15 is 0 Å². The molecule has 3 N–H and O–H groups in total. The summed E-state index contributed by atoms with van der Waals surface area (Å²) >= 11 is 0. The van der Waals surface area contributed by atoms with Gasteiger partial charge < -0.3 is 15.7 Å². The first-order chi connectivity index (χ1) is 8.45. The van der Waals surface area contributed by atoms with Crippen molar-refractivity contribution in [1.82, 2.24) is 14.7 Å². The normalized spacial score (nSPS) is 11.9. The molecule has 98 valence electrons. The summed E-state index contributed by atoms with van der Waals surface area (Å²) in [5.74, 6) is -1.56. The summed E-state index contributed by atoms with van der Waals surface area (Å²) in [6.07, 6.45) is 4.56. The maximum Gasteiger partial charge on any atom is 0.323 e. The van der Waals surface area contributed by atoms with Crippen LogP contribution in [0.5, 0.6) is 0 Å². The zero-order valence-electron chi connectivity index (χ0n) is 10.1. The first-order valence-electron chi connectivity index (χ1n) is 5.31. The minimum absolute atomic E-state index is 0.138. The van der Waals surface area contributed by atoms with Gasteiger partial charge in [0.2, 0.25) is 5.91 Å². The molecule has 0 aliphatic rings. The van der Waals surface area contributed by atoms with Crippen molar-refractivity contribution in [3.05, 3.63) is 30.6 Å². The number of carboxylic acids is 1. The number of carbonyl (C=O) groups excluding carboxylic acids is 1. The van der Waals surface area contributed by atoms with Crippen molar-refractivity contribution >= 4 is 11.9 Å². The fourth-order valence-corrected chi connectivity index (χ4v) is 1.49. The van der Waals surface area contributed by atoms with Crippen LogP contribution >= 0.6 is 0 Å². The molecule has 1 aromatic heterocycles. The lowest BCUT2D eigenvalue weighted by atomic mass is 10.1. The molecule has 0 spiro atoms. The highest BCUT2D eigenvalue weighted by Gasteiger charge is 2.24. The van der Waals surface area contributed by atoms with Crippen LogP contribution in [-0.4, -0.2) is 44.8 Å². The Morgan fingerprint density at radius 3 is 2.83 bits per heavy atom. The predicted octanol–water partition coefficient (Wildman–Crippen LogP) is -0.481. The fraction of sp³-hybridized carbons (Fsp3) is 0.364. The molecule has 18 heavy (non-hydrogen) atoms. The Morgan fingerprint density at radius 1 is 1.72 bits per heavy atom. The van der Waals surface area contributed by atoms with E-state index in [4.69, 9.17) is 10.8 Å². The minimum atomic E-state index is -1.09. The highest BCUT2D eigenvalue weighted by atomic mass is 16.4. The molecule has 7 heteroatoms. The van der Waals surface area contributed by atoms with Crippen LogP contribution in [-0.2, 0) is 16.6 Å². The topological polar surface area (TPSA) is 101 Å². The fourth-order valence-electron chi connectivity index (χ4n) is 1.49. The lowest BCUT2D eigenvalue weighted by Crippen LogP contribution is -2.41. The van der Waals surface area contributed by atoms with E-state index in [9.17, 15) is 9.59 Å². The number of aryl methyl sites for hydroxylation is 1. The molecular formula is C11H16N4O3. The molecule has 1 aromatic rings. The maximum absolute atomic E-state index is 12.0. The third-order valence-corrected chi connectivity index (χ3v) is 2.34. The number of hydrogen-bond acceptors (Lipinski definition) is 4. The quantitative estimate of drug-likeness (QED) is 0.666. The maximum atomic E-state index is 12.0. The van der Waals surface area contributed by atoms with Crippen molar-refractivity contribution in [1.29, 1.82) is 0 Å². The third kappa shape index (κ3) is 3.42. The summed E-state index contributed by atoms with van der Waals surface area (Å²) in [4.78, 5) is 23.8. The van der Waals surface area contributed by atoms with Crippen molar-refractivity contribution in [2.45, 2.75) is 6.04 Å². The summed E-state index contributed by atoms with van der Waals surface area (Å²) in [5.41, 5.74) is 6.33. The number of aliphatic carboxylic acids is 1. The first kappa shape index (κ1) is 13.9. The third-order valence-electron chi connectivity index (χ3n) is 2.34. The summed E-state index contributed by atoms with van der Waals surface area (Å²) in [5, 5.41) is 12.6. The van der Waals surface area contributed by atoms with Crippen molar-refractivity contribution in [2.75, 3.05) is 13.1 Å². The molecule has 1 heterocycles. The van der Waals surface area contributed by atoms with Gasteiger partial charge in [-0.05, 0) is 0 Å². The lowest BCUT2D eigenvalue weighted by molar-refractivity contribution is -0.144. The van der Waals surface area contributed by atoms with E-state index in [1.807, 2.05) is 0 Å². The van der Waals surface area contributed by atoms with Crippen molar-refractivity contribution in [3.63, 3.8) is 0 Å². The van der Waals surface area contributed by atoms with Crippen LogP contribution in [0, 0.1) is 0 Å². The van der Waals surface area contributed by atoms with Gasteiger partial charge in [0, 0.05) is 25.4 Å². The van der Waals surface area contributed by atoms with Gasteiger partial charge in [-0.1, -0.05) is 6.08 Å². The molecule has 1 rings (SSSR count). The van der Waals surface area contributed by atoms with Crippen molar-refractivity contribution in [3.8, 4) is 0 Å². The molecule has 0 aromatic carbocycles. The molecule has 0 bridgehead atoms. The van der Waals surface area contributed by atoms with Gasteiger partial charge >= 0.3 is 5.97 Å². The highest BCUT2D eigenvalue weighted by molar-refractivity contribution is 5.86. The van der Waals surface area contributed by atoms with Crippen molar-refractivity contribution < 1.29 is 14.7 Å².